The van der Waals surface area contributed by atoms with Crippen molar-refractivity contribution in [2.45, 2.75) is 13.3 Å². The summed E-state index contributed by atoms with van der Waals surface area (Å²) < 4.78 is 5.14. The quantitative estimate of drug-likeness (QED) is 0.480. The Morgan fingerprint density at radius 3 is 2.57 bits per heavy atom. The van der Waals surface area contributed by atoms with Crippen LogP contribution in [0.15, 0.2) is 54.1 Å². The van der Waals surface area contributed by atoms with Crippen molar-refractivity contribution in [2.75, 3.05) is 0 Å². The van der Waals surface area contributed by atoms with E-state index in [0.29, 0.717) is 17.7 Å². The predicted octanol–water partition coefficient (Wildman–Crippen LogP) is 3.43. The molecule has 3 nitrogen and oxygen atoms in total. The van der Waals surface area contributed by atoms with E-state index in [1.807, 2.05) is 42.5 Å². The Morgan fingerprint density at radius 1 is 1.10 bits per heavy atom. The number of ether oxygens (including phenoxy) is 1. The van der Waals surface area contributed by atoms with Gasteiger partial charge >= 0.3 is 5.97 Å². The summed E-state index contributed by atoms with van der Waals surface area (Å²) in [5.41, 5.74) is 3.12. The van der Waals surface area contributed by atoms with Gasteiger partial charge in [0, 0.05) is 18.9 Å². The number of allylic oxidation sites excluding steroid dienone is 1. The van der Waals surface area contributed by atoms with Gasteiger partial charge in [-0.25, -0.2) is 0 Å². The average molecular weight is 278 g/mol. The first-order valence-corrected chi connectivity index (χ1v) is 6.76. The lowest BCUT2D eigenvalue weighted by molar-refractivity contribution is -0.131. The first-order chi connectivity index (χ1) is 10.1. The van der Waals surface area contributed by atoms with Crippen LogP contribution in [-0.2, 0) is 11.2 Å². The molecule has 0 aromatic heterocycles. The minimum absolute atomic E-state index is 0.0642. The molecular formula is C18H14O3. The van der Waals surface area contributed by atoms with E-state index in [1.165, 1.54) is 6.92 Å². The van der Waals surface area contributed by atoms with E-state index in [1.54, 1.807) is 12.1 Å². The minimum atomic E-state index is -0.420. The fraction of sp³-hybridized carbons (Fsp3) is 0.111. The lowest BCUT2D eigenvalue weighted by Gasteiger charge is -2.05. The fourth-order valence-electron chi connectivity index (χ4n) is 2.53. The van der Waals surface area contributed by atoms with E-state index in [0.717, 1.165) is 16.7 Å². The SMILES string of the molecule is CC(=O)Oc1cccc2c1C(=O)/C(=C/c1ccccc1)C2. The molecule has 0 fully saturated rings. The summed E-state index contributed by atoms with van der Waals surface area (Å²) >= 11 is 0. The van der Waals surface area contributed by atoms with Crippen LogP contribution in [0.4, 0.5) is 0 Å². The highest BCUT2D eigenvalue weighted by Gasteiger charge is 2.28. The number of rotatable bonds is 2. The number of carbonyl (C=O) groups excluding carboxylic acids is 2. The molecule has 0 bridgehead atoms. The normalized spacial score (nSPS) is 15.1. The Morgan fingerprint density at radius 2 is 1.86 bits per heavy atom. The molecule has 1 aliphatic rings. The van der Waals surface area contributed by atoms with E-state index in [9.17, 15) is 9.59 Å². The van der Waals surface area contributed by atoms with Gasteiger partial charge in [0.2, 0.25) is 0 Å². The second-order valence-electron chi connectivity index (χ2n) is 4.97. The maximum absolute atomic E-state index is 12.5. The second-order valence-corrected chi connectivity index (χ2v) is 4.97. The molecule has 0 amide bonds. The fourth-order valence-corrected chi connectivity index (χ4v) is 2.53. The van der Waals surface area contributed by atoms with Gasteiger partial charge < -0.3 is 4.74 Å². The van der Waals surface area contributed by atoms with Gasteiger partial charge in [0.05, 0.1) is 5.56 Å². The number of benzene rings is 2. The van der Waals surface area contributed by atoms with Crippen LogP contribution < -0.4 is 4.74 Å². The number of hydrogen-bond donors (Lipinski definition) is 0. The first-order valence-electron chi connectivity index (χ1n) is 6.76. The molecule has 0 heterocycles. The molecule has 0 atom stereocenters. The smallest absolute Gasteiger partial charge is 0.308 e. The topological polar surface area (TPSA) is 43.4 Å². The molecule has 0 N–H and O–H groups in total. The van der Waals surface area contributed by atoms with E-state index >= 15 is 0 Å². The zero-order chi connectivity index (χ0) is 14.8. The minimum Gasteiger partial charge on any atom is -0.426 e. The van der Waals surface area contributed by atoms with Crippen LogP contribution in [0.1, 0.15) is 28.4 Å². The molecule has 1 aliphatic carbocycles. The number of esters is 1. The molecule has 3 heteroatoms. The molecule has 0 radical (unpaired) electrons. The van der Waals surface area contributed by atoms with Crippen molar-refractivity contribution in [3.05, 3.63) is 70.8 Å². The summed E-state index contributed by atoms with van der Waals surface area (Å²) in [4.78, 5) is 23.7. The van der Waals surface area contributed by atoms with Gasteiger partial charge in [-0.15, -0.1) is 0 Å². The highest BCUT2D eigenvalue weighted by Crippen LogP contribution is 2.34. The molecule has 21 heavy (non-hydrogen) atoms. The molecule has 0 spiro atoms. The maximum atomic E-state index is 12.5. The summed E-state index contributed by atoms with van der Waals surface area (Å²) in [5, 5.41) is 0. The van der Waals surface area contributed by atoms with Crippen molar-refractivity contribution in [3.8, 4) is 5.75 Å². The van der Waals surface area contributed by atoms with Crippen molar-refractivity contribution >= 4 is 17.8 Å². The van der Waals surface area contributed by atoms with Crippen LogP contribution in [0.5, 0.6) is 5.75 Å². The Labute approximate surface area is 122 Å². The highest BCUT2D eigenvalue weighted by molar-refractivity contribution is 6.17. The average Bonchev–Trinajstić information content (AvgIpc) is 2.77. The monoisotopic (exact) mass is 278 g/mol. The van der Waals surface area contributed by atoms with Crippen LogP contribution in [-0.4, -0.2) is 11.8 Å². The van der Waals surface area contributed by atoms with Crippen LogP contribution in [0.3, 0.4) is 0 Å². The highest BCUT2D eigenvalue weighted by atomic mass is 16.5. The zero-order valence-electron chi connectivity index (χ0n) is 11.6. The molecule has 2 aromatic rings. The lowest BCUT2D eigenvalue weighted by atomic mass is 10.1. The van der Waals surface area contributed by atoms with Crippen LogP contribution in [0.2, 0.25) is 0 Å². The van der Waals surface area contributed by atoms with Gasteiger partial charge in [-0.05, 0) is 23.3 Å². The van der Waals surface area contributed by atoms with Gasteiger partial charge in [0.1, 0.15) is 5.75 Å². The van der Waals surface area contributed by atoms with Gasteiger partial charge in [-0.3, -0.25) is 9.59 Å². The Kier molecular flexibility index (Phi) is 3.40. The van der Waals surface area contributed by atoms with Crippen molar-refractivity contribution in [2.24, 2.45) is 0 Å². The molecule has 0 saturated carbocycles. The summed E-state index contributed by atoms with van der Waals surface area (Å²) in [6.45, 7) is 1.33. The number of Topliss-reactive ketones (excluding diaryl/α,β-unsaturated/α-hetero) is 1. The Hall–Kier alpha value is -2.68. The van der Waals surface area contributed by atoms with E-state index in [-0.39, 0.29) is 5.78 Å². The molecule has 0 saturated heterocycles. The third-order valence-corrected chi connectivity index (χ3v) is 3.41. The summed E-state index contributed by atoms with van der Waals surface area (Å²) in [7, 11) is 0. The Balaban J connectivity index is 1.99. The third-order valence-electron chi connectivity index (χ3n) is 3.41. The van der Waals surface area contributed by atoms with E-state index < -0.39 is 5.97 Å². The molecule has 2 aromatic carbocycles. The molecule has 0 unspecified atom stereocenters. The van der Waals surface area contributed by atoms with E-state index in [2.05, 4.69) is 0 Å². The van der Waals surface area contributed by atoms with E-state index in [4.69, 9.17) is 4.74 Å². The maximum Gasteiger partial charge on any atom is 0.308 e. The largest absolute Gasteiger partial charge is 0.426 e. The molecule has 104 valence electrons. The van der Waals surface area contributed by atoms with Gasteiger partial charge in [0.25, 0.3) is 0 Å². The summed E-state index contributed by atoms with van der Waals surface area (Å²) in [6, 6.07) is 15.1. The predicted molar refractivity (Wildman–Crippen MR) is 80.2 cm³/mol. The standard InChI is InChI=1S/C18H14O3/c1-12(19)21-16-9-5-8-14-11-15(18(20)17(14)16)10-13-6-3-2-4-7-13/h2-10H,11H2,1H3/b15-10+. The molecule has 3 rings (SSSR count). The van der Waals surface area contributed by atoms with Crippen LogP contribution in [0, 0.1) is 0 Å². The number of carbonyl (C=O) groups is 2. The van der Waals surface area contributed by atoms with Crippen molar-refractivity contribution in [1.82, 2.24) is 0 Å². The van der Waals surface area contributed by atoms with Crippen LogP contribution in [0.25, 0.3) is 6.08 Å². The third kappa shape index (κ3) is 2.63. The number of ketones is 1. The summed E-state index contributed by atoms with van der Waals surface area (Å²) in [5.74, 6) is -0.135. The molecular weight excluding hydrogens is 264 g/mol. The van der Waals surface area contributed by atoms with Crippen LogP contribution >= 0.6 is 0 Å². The Bertz CT molecular complexity index is 742. The number of hydrogen-bond acceptors (Lipinski definition) is 3. The van der Waals surface area contributed by atoms with Gasteiger partial charge in [0.15, 0.2) is 5.78 Å². The lowest BCUT2D eigenvalue weighted by Crippen LogP contribution is -2.06. The number of fused-ring (bicyclic) bond motifs is 1. The second kappa shape index (κ2) is 5.37. The zero-order valence-corrected chi connectivity index (χ0v) is 11.6. The van der Waals surface area contributed by atoms with Crippen molar-refractivity contribution in [1.29, 1.82) is 0 Å². The van der Waals surface area contributed by atoms with Crippen molar-refractivity contribution < 1.29 is 14.3 Å². The van der Waals surface area contributed by atoms with Gasteiger partial charge in [-0.1, -0.05) is 42.5 Å². The van der Waals surface area contributed by atoms with Gasteiger partial charge in [-0.2, -0.15) is 0 Å². The first kappa shape index (κ1) is 13.3. The summed E-state index contributed by atoms with van der Waals surface area (Å²) in [6.07, 6.45) is 2.46. The molecule has 0 aliphatic heterocycles. The van der Waals surface area contributed by atoms with Crippen molar-refractivity contribution in [3.63, 3.8) is 0 Å².